The third-order valence-electron chi connectivity index (χ3n) is 4.29. The molecule has 6 nitrogen and oxygen atoms in total. The predicted octanol–water partition coefficient (Wildman–Crippen LogP) is 2.15. The highest BCUT2D eigenvalue weighted by atomic mass is 16.5. The van der Waals surface area contributed by atoms with E-state index in [0.717, 1.165) is 17.7 Å². The molecule has 1 aromatic carbocycles. The number of hydrogen-bond acceptors (Lipinski definition) is 6. The normalized spacial score (nSPS) is 19.2. The number of hydrogen-bond donors (Lipinski definition) is 2. The molecule has 3 rings (SSSR count). The van der Waals surface area contributed by atoms with Gasteiger partial charge in [-0.1, -0.05) is 6.07 Å². The monoisotopic (exact) mass is 325 g/mol. The number of ether oxygens (including phenoxy) is 1. The van der Waals surface area contributed by atoms with Crippen LogP contribution >= 0.6 is 0 Å². The fourth-order valence-corrected chi connectivity index (χ4v) is 2.93. The second kappa shape index (κ2) is 6.26. The lowest BCUT2D eigenvalue weighted by atomic mass is 10.0. The first kappa shape index (κ1) is 15.9. The highest BCUT2D eigenvalue weighted by molar-refractivity contribution is 5.93. The van der Waals surface area contributed by atoms with E-state index in [9.17, 15) is 9.90 Å². The molecule has 3 N–H and O–H groups in total. The van der Waals surface area contributed by atoms with Crippen molar-refractivity contribution >= 4 is 17.3 Å². The van der Waals surface area contributed by atoms with Crippen LogP contribution in [0, 0.1) is 0 Å². The average Bonchev–Trinajstić information content (AvgIpc) is 2.91. The maximum Gasteiger partial charge on any atom is 0.150 e. The fourth-order valence-electron chi connectivity index (χ4n) is 2.93. The number of rotatable bonds is 4. The predicted molar refractivity (Wildman–Crippen MR) is 92.0 cm³/mol. The second-order valence-electron chi connectivity index (χ2n) is 5.78. The van der Waals surface area contributed by atoms with Crippen LogP contribution in [0.3, 0.4) is 0 Å². The Kier molecular flexibility index (Phi) is 4.15. The van der Waals surface area contributed by atoms with Crippen LogP contribution in [0.4, 0.5) is 5.69 Å². The van der Waals surface area contributed by atoms with Crippen molar-refractivity contribution in [3.8, 4) is 5.75 Å². The standard InChI is InChI=1S/C18H19N3O3/c1-11-16(6-4-12-3-5-15(19)17(23)7-12)20-18-9-14(24-2)8-13(10-22)21(11)18/h3,5,7-9,11,23H,4,6,19H2,1-2H3. The number of anilines is 1. The van der Waals surface area contributed by atoms with E-state index in [1.165, 1.54) is 0 Å². The van der Waals surface area contributed by atoms with Crippen LogP contribution in [0.5, 0.6) is 5.75 Å². The molecule has 1 unspecified atom stereocenters. The molecule has 0 bridgehead atoms. The van der Waals surface area contributed by atoms with Gasteiger partial charge in [0, 0.05) is 17.9 Å². The largest absolute Gasteiger partial charge is 0.506 e. The Morgan fingerprint density at radius 2 is 2.17 bits per heavy atom. The van der Waals surface area contributed by atoms with Crippen molar-refractivity contribution in [3.63, 3.8) is 0 Å². The molecule has 0 radical (unpaired) electrons. The summed E-state index contributed by atoms with van der Waals surface area (Å²) in [6.45, 7) is 2.00. The number of benzene rings is 1. The third-order valence-corrected chi connectivity index (χ3v) is 4.29. The summed E-state index contributed by atoms with van der Waals surface area (Å²) in [6, 6.07) is 5.23. The number of allylic oxidation sites excluding steroid dienone is 2. The molecule has 1 atom stereocenters. The number of aryl methyl sites for hydroxylation is 1. The van der Waals surface area contributed by atoms with E-state index in [-0.39, 0.29) is 11.8 Å². The minimum absolute atomic E-state index is 0.0234. The number of aromatic hydroxyl groups is 1. The van der Waals surface area contributed by atoms with E-state index in [0.29, 0.717) is 29.4 Å². The number of nitrogen functional groups attached to an aromatic ring is 1. The molecule has 0 aliphatic carbocycles. The average molecular weight is 325 g/mol. The van der Waals surface area contributed by atoms with E-state index >= 15 is 0 Å². The van der Waals surface area contributed by atoms with Crippen LogP contribution in [0.25, 0.3) is 0 Å². The lowest BCUT2D eigenvalue weighted by Crippen LogP contribution is -2.32. The van der Waals surface area contributed by atoms with Gasteiger partial charge in [-0.2, -0.15) is 0 Å². The Balaban J connectivity index is 1.79. The quantitative estimate of drug-likeness (QED) is 0.503. The number of aliphatic imine (C=N–C) groups is 1. The van der Waals surface area contributed by atoms with Crippen molar-refractivity contribution in [1.82, 2.24) is 4.90 Å². The molecule has 0 spiro atoms. The van der Waals surface area contributed by atoms with Gasteiger partial charge in [0.1, 0.15) is 23.0 Å². The summed E-state index contributed by atoms with van der Waals surface area (Å²) in [5, 5.41) is 9.70. The molecule has 0 saturated carbocycles. The van der Waals surface area contributed by atoms with Crippen LogP contribution < -0.4 is 5.73 Å². The van der Waals surface area contributed by atoms with Gasteiger partial charge in [-0.05, 0) is 37.5 Å². The second-order valence-corrected chi connectivity index (χ2v) is 5.78. The first-order valence-corrected chi connectivity index (χ1v) is 7.70. The number of methoxy groups -OCH3 is 1. The zero-order valence-corrected chi connectivity index (χ0v) is 13.6. The van der Waals surface area contributed by atoms with Gasteiger partial charge in [0.25, 0.3) is 0 Å². The Labute approximate surface area is 140 Å². The summed E-state index contributed by atoms with van der Waals surface area (Å²) in [7, 11) is 1.55. The number of phenols is 1. The Bertz CT molecular complexity index is 817. The van der Waals surface area contributed by atoms with Gasteiger partial charge in [0.05, 0.1) is 18.8 Å². The molecule has 0 amide bonds. The minimum Gasteiger partial charge on any atom is -0.506 e. The van der Waals surface area contributed by atoms with Gasteiger partial charge in [-0.25, -0.2) is 9.79 Å². The maximum atomic E-state index is 11.2. The summed E-state index contributed by atoms with van der Waals surface area (Å²) in [5.41, 5.74) is 8.36. The van der Waals surface area contributed by atoms with E-state index in [1.807, 2.05) is 23.8 Å². The molecule has 24 heavy (non-hydrogen) atoms. The highest BCUT2D eigenvalue weighted by Crippen LogP contribution is 2.32. The van der Waals surface area contributed by atoms with Crippen LogP contribution in [0.1, 0.15) is 18.9 Å². The summed E-state index contributed by atoms with van der Waals surface area (Å²) in [6.07, 6.45) is 4.90. The Morgan fingerprint density at radius 3 is 2.83 bits per heavy atom. The van der Waals surface area contributed by atoms with Crippen LogP contribution in [0.2, 0.25) is 0 Å². The van der Waals surface area contributed by atoms with E-state index in [2.05, 4.69) is 4.99 Å². The minimum atomic E-state index is -0.0234. The van der Waals surface area contributed by atoms with Gasteiger partial charge in [-0.3, -0.25) is 0 Å². The van der Waals surface area contributed by atoms with E-state index in [1.54, 1.807) is 31.4 Å². The summed E-state index contributed by atoms with van der Waals surface area (Å²) >= 11 is 0. The van der Waals surface area contributed by atoms with Gasteiger partial charge in [0.15, 0.2) is 5.94 Å². The molecule has 2 aliphatic rings. The van der Waals surface area contributed by atoms with Crippen molar-refractivity contribution in [3.05, 3.63) is 53.2 Å². The number of nitrogens with zero attached hydrogens (tertiary/aromatic N) is 2. The summed E-state index contributed by atoms with van der Waals surface area (Å²) in [4.78, 5) is 17.7. The zero-order chi connectivity index (χ0) is 17.3. The number of fused-ring (bicyclic) bond motifs is 1. The highest BCUT2D eigenvalue weighted by Gasteiger charge is 2.33. The van der Waals surface area contributed by atoms with E-state index in [4.69, 9.17) is 10.5 Å². The van der Waals surface area contributed by atoms with Gasteiger partial charge < -0.3 is 20.5 Å². The number of carbonyl (C=O) groups excluding carboxylic acids is 1. The van der Waals surface area contributed by atoms with Crippen LogP contribution in [0.15, 0.2) is 52.6 Å². The molecule has 1 aromatic rings. The molecule has 0 aromatic heterocycles. The molecule has 124 valence electrons. The smallest absolute Gasteiger partial charge is 0.150 e. The van der Waals surface area contributed by atoms with Gasteiger partial charge in [0.2, 0.25) is 0 Å². The fraction of sp³-hybridized carbons (Fsp3) is 0.278. The van der Waals surface area contributed by atoms with Gasteiger partial charge in [-0.15, -0.1) is 0 Å². The molecular formula is C18H19N3O3. The molecule has 0 saturated heterocycles. The molecule has 2 aliphatic heterocycles. The first-order chi connectivity index (χ1) is 11.5. The van der Waals surface area contributed by atoms with Crippen LogP contribution in [-0.2, 0) is 16.0 Å². The van der Waals surface area contributed by atoms with Crippen molar-refractivity contribution < 1.29 is 14.6 Å². The summed E-state index contributed by atoms with van der Waals surface area (Å²) < 4.78 is 5.20. The lowest BCUT2D eigenvalue weighted by Gasteiger charge is -2.26. The van der Waals surface area contributed by atoms with E-state index < -0.39 is 0 Å². The number of nitrogens with two attached hydrogens (primary N) is 1. The molecule has 6 heteroatoms. The molecule has 0 fully saturated rings. The van der Waals surface area contributed by atoms with Crippen molar-refractivity contribution in [2.24, 2.45) is 4.99 Å². The topological polar surface area (TPSA) is 88.2 Å². The summed E-state index contributed by atoms with van der Waals surface area (Å²) in [5.74, 6) is 3.32. The SMILES string of the molecule is COC1=CC(=C=O)N2C(=C1)N=C(CCc1ccc(N)c(O)c1)C2C. The molecular weight excluding hydrogens is 306 g/mol. The third kappa shape index (κ3) is 2.79. The van der Waals surface area contributed by atoms with Crippen LogP contribution in [-0.4, -0.2) is 34.8 Å². The Morgan fingerprint density at radius 1 is 1.38 bits per heavy atom. The first-order valence-electron chi connectivity index (χ1n) is 7.70. The Hall–Kier alpha value is -2.98. The molecule has 2 heterocycles. The van der Waals surface area contributed by atoms with Crippen molar-refractivity contribution in [2.45, 2.75) is 25.8 Å². The van der Waals surface area contributed by atoms with Gasteiger partial charge >= 0.3 is 0 Å². The van der Waals surface area contributed by atoms with Crippen molar-refractivity contribution in [2.75, 3.05) is 12.8 Å². The van der Waals surface area contributed by atoms with Crippen molar-refractivity contribution in [1.29, 1.82) is 0 Å². The zero-order valence-electron chi connectivity index (χ0n) is 13.6. The lowest BCUT2D eigenvalue weighted by molar-refractivity contribution is 0.296. The maximum absolute atomic E-state index is 11.2. The number of phenolic OH excluding ortho intramolecular Hbond substituents is 1.